The molecule has 0 spiro atoms. The molecule has 11 heteroatoms. The van der Waals surface area contributed by atoms with Crippen molar-refractivity contribution in [3.05, 3.63) is 87.7 Å². The lowest BCUT2D eigenvalue weighted by Crippen LogP contribution is -2.38. The maximum Gasteiger partial charge on any atom is 0.419 e. The van der Waals surface area contributed by atoms with Crippen LogP contribution in [-0.2, 0) is 17.5 Å². The zero-order valence-corrected chi connectivity index (χ0v) is 22.2. The molecule has 1 aliphatic rings. The quantitative estimate of drug-likeness (QED) is 0.152. The van der Waals surface area contributed by atoms with Crippen LogP contribution in [0.5, 0.6) is 0 Å². The van der Waals surface area contributed by atoms with Gasteiger partial charge in [-0.05, 0) is 55.3 Å². The van der Waals surface area contributed by atoms with Crippen LogP contribution in [0.3, 0.4) is 0 Å². The summed E-state index contributed by atoms with van der Waals surface area (Å²) in [5.74, 6) is -1.29. The summed E-state index contributed by atoms with van der Waals surface area (Å²) in [5.41, 5.74) is 0.152. The third kappa shape index (κ3) is 6.57. The first-order chi connectivity index (χ1) is 18.1. The second kappa shape index (κ2) is 12.2. The van der Waals surface area contributed by atoms with Crippen LogP contribution in [0.1, 0.15) is 48.0 Å². The predicted molar refractivity (Wildman–Crippen MR) is 139 cm³/mol. The van der Waals surface area contributed by atoms with Gasteiger partial charge in [0.25, 0.3) is 0 Å². The highest BCUT2D eigenvalue weighted by Crippen LogP contribution is 2.38. The fourth-order valence-corrected chi connectivity index (χ4v) is 5.53. The van der Waals surface area contributed by atoms with Gasteiger partial charge < -0.3 is 9.36 Å². The summed E-state index contributed by atoms with van der Waals surface area (Å²) in [7, 11) is 1.88. The van der Waals surface area contributed by atoms with Gasteiger partial charge in [0, 0.05) is 50.4 Å². The van der Waals surface area contributed by atoms with Crippen molar-refractivity contribution in [3.8, 4) is 0 Å². The number of benzene rings is 2. The molecule has 1 unspecified atom stereocenters. The summed E-state index contributed by atoms with van der Waals surface area (Å²) in [6.45, 7) is 1.55. The number of carbonyl (C=O) groups is 1. The molecule has 1 saturated heterocycles. The van der Waals surface area contributed by atoms with Crippen molar-refractivity contribution in [3.63, 3.8) is 0 Å². The monoisotopic (exact) mass is 570 g/mol. The Hall–Kier alpha value is -2.46. The van der Waals surface area contributed by atoms with Gasteiger partial charge >= 0.3 is 6.18 Å². The SMILES string of the molecule is CN(Cc1ccc(C(F)(F)F)c(F)c1)[C@@H]1CN(C(CCCC=O)n2ccnc2)C[C@@H]1c1ccc(Cl)c(Cl)c1. The molecule has 0 bridgehead atoms. The van der Waals surface area contributed by atoms with Crippen molar-refractivity contribution in [1.82, 2.24) is 19.4 Å². The van der Waals surface area contributed by atoms with Gasteiger partial charge in [0.1, 0.15) is 12.1 Å². The smallest absolute Gasteiger partial charge is 0.321 e. The predicted octanol–water partition coefficient (Wildman–Crippen LogP) is 6.82. The minimum Gasteiger partial charge on any atom is -0.321 e. The van der Waals surface area contributed by atoms with Crippen LogP contribution in [-0.4, -0.2) is 51.8 Å². The Bertz CT molecular complexity index is 1240. The molecule has 1 aromatic heterocycles. The summed E-state index contributed by atoms with van der Waals surface area (Å²) in [6.07, 6.45) is 3.39. The zero-order chi connectivity index (χ0) is 27.4. The number of aromatic nitrogens is 2. The Kier molecular flexibility index (Phi) is 9.13. The van der Waals surface area contributed by atoms with Gasteiger partial charge in [0.15, 0.2) is 0 Å². The molecule has 1 fully saturated rings. The lowest BCUT2D eigenvalue weighted by Gasteiger charge is -2.31. The van der Waals surface area contributed by atoms with E-state index in [4.69, 9.17) is 23.2 Å². The topological polar surface area (TPSA) is 41.4 Å². The van der Waals surface area contributed by atoms with E-state index >= 15 is 0 Å². The number of hydrogen-bond donors (Lipinski definition) is 0. The molecule has 2 heterocycles. The number of carbonyl (C=O) groups excluding carboxylic acids is 1. The van der Waals surface area contributed by atoms with Gasteiger partial charge in [0.05, 0.1) is 28.1 Å². The number of rotatable bonds is 10. The van der Waals surface area contributed by atoms with E-state index in [1.807, 2.05) is 34.8 Å². The first-order valence-corrected chi connectivity index (χ1v) is 13.0. The van der Waals surface area contributed by atoms with E-state index in [0.717, 1.165) is 30.4 Å². The summed E-state index contributed by atoms with van der Waals surface area (Å²) in [6, 6.07) is 8.52. The van der Waals surface area contributed by atoms with Crippen molar-refractivity contribution in [2.45, 2.75) is 50.1 Å². The molecular weight excluding hydrogens is 543 g/mol. The standard InChI is InChI=1S/C27H28Cl2F4N4O/c1-35(14-18-5-7-21(24(30)12-18)27(31,32)33)25-16-37(15-20(25)19-6-8-22(28)23(29)13-19)26(4-2-3-11-38)36-10-9-34-17-36/h5-13,17,20,25-26H,2-4,14-16H2,1H3/t20-,25-,26?/m1/s1. The van der Waals surface area contributed by atoms with E-state index in [-0.39, 0.29) is 24.7 Å². The van der Waals surface area contributed by atoms with E-state index < -0.39 is 17.6 Å². The maximum absolute atomic E-state index is 14.3. The van der Waals surface area contributed by atoms with E-state index in [1.54, 1.807) is 18.6 Å². The van der Waals surface area contributed by atoms with Crippen LogP contribution >= 0.6 is 23.2 Å². The van der Waals surface area contributed by atoms with Crippen LogP contribution in [0.4, 0.5) is 17.6 Å². The number of aldehydes is 1. The van der Waals surface area contributed by atoms with Gasteiger partial charge in [-0.1, -0.05) is 35.3 Å². The van der Waals surface area contributed by atoms with Crippen LogP contribution in [0, 0.1) is 5.82 Å². The Balaban J connectivity index is 1.62. The van der Waals surface area contributed by atoms with Crippen molar-refractivity contribution in [2.75, 3.05) is 20.1 Å². The molecule has 3 atom stereocenters. The Labute approximate surface area is 229 Å². The highest BCUT2D eigenvalue weighted by atomic mass is 35.5. The lowest BCUT2D eigenvalue weighted by molar-refractivity contribution is -0.140. The van der Waals surface area contributed by atoms with Crippen LogP contribution < -0.4 is 0 Å². The average molecular weight is 571 g/mol. The maximum atomic E-state index is 14.3. The van der Waals surface area contributed by atoms with E-state index in [9.17, 15) is 22.4 Å². The third-order valence-electron chi connectivity index (χ3n) is 7.10. The van der Waals surface area contributed by atoms with E-state index in [2.05, 4.69) is 9.88 Å². The molecule has 5 nitrogen and oxygen atoms in total. The fourth-order valence-electron chi connectivity index (χ4n) is 5.22. The molecule has 4 rings (SSSR count). The number of likely N-dealkylation sites (N-methyl/N-ethyl adjacent to an activating group) is 1. The molecule has 3 aromatic rings. The van der Waals surface area contributed by atoms with Crippen LogP contribution in [0.25, 0.3) is 0 Å². The number of hydrogen-bond acceptors (Lipinski definition) is 4. The fraction of sp³-hybridized carbons (Fsp3) is 0.407. The highest BCUT2D eigenvalue weighted by molar-refractivity contribution is 6.42. The summed E-state index contributed by atoms with van der Waals surface area (Å²) < 4.78 is 55.4. The summed E-state index contributed by atoms with van der Waals surface area (Å²) in [4.78, 5) is 19.5. The molecule has 38 heavy (non-hydrogen) atoms. The number of unbranched alkanes of at least 4 members (excludes halogenated alkanes) is 1. The van der Waals surface area contributed by atoms with E-state index in [1.165, 1.54) is 6.07 Å². The van der Waals surface area contributed by atoms with Gasteiger partial charge in [-0.15, -0.1) is 0 Å². The molecule has 0 radical (unpaired) electrons. The molecule has 0 N–H and O–H groups in total. The number of alkyl halides is 3. The van der Waals surface area contributed by atoms with Crippen molar-refractivity contribution in [1.29, 1.82) is 0 Å². The molecule has 204 valence electrons. The largest absolute Gasteiger partial charge is 0.419 e. The van der Waals surface area contributed by atoms with Crippen LogP contribution in [0.15, 0.2) is 55.1 Å². The van der Waals surface area contributed by atoms with Crippen molar-refractivity contribution < 1.29 is 22.4 Å². The number of likely N-dealkylation sites (tertiary alicyclic amines) is 1. The number of nitrogens with zero attached hydrogens (tertiary/aromatic N) is 4. The Morgan fingerprint density at radius 3 is 2.58 bits per heavy atom. The van der Waals surface area contributed by atoms with Gasteiger partial charge in [0.2, 0.25) is 0 Å². The lowest BCUT2D eigenvalue weighted by atomic mass is 9.93. The zero-order valence-electron chi connectivity index (χ0n) is 20.7. The Morgan fingerprint density at radius 1 is 1.16 bits per heavy atom. The van der Waals surface area contributed by atoms with Gasteiger partial charge in [-0.2, -0.15) is 13.2 Å². The van der Waals surface area contributed by atoms with Crippen molar-refractivity contribution >= 4 is 29.5 Å². The molecule has 0 amide bonds. The normalized spacial score (nSPS) is 19.3. The molecule has 2 aromatic carbocycles. The summed E-state index contributed by atoms with van der Waals surface area (Å²) in [5, 5.41) is 0.881. The molecular formula is C27H28Cl2F4N4O. The van der Waals surface area contributed by atoms with Crippen molar-refractivity contribution in [2.24, 2.45) is 0 Å². The minimum absolute atomic E-state index is 0.00819. The average Bonchev–Trinajstić information content (AvgIpc) is 3.54. The van der Waals surface area contributed by atoms with E-state index in [0.29, 0.717) is 41.5 Å². The van der Waals surface area contributed by atoms with Gasteiger partial charge in [-0.25, -0.2) is 9.37 Å². The third-order valence-corrected chi connectivity index (χ3v) is 7.84. The minimum atomic E-state index is -4.74. The number of halogens is 6. The number of imidazole rings is 1. The second-order valence-corrected chi connectivity index (χ2v) is 10.4. The summed E-state index contributed by atoms with van der Waals surface area (Å²) >= 11 is 12.5. The van der Waals surface area contributed by atoms with Gasteiger partial charge in [-0.3, -0.25) is 9.80 Å². The molecule has 0 saturated carbocycles. The van der Waals surface area contributed by atoms with Crippen LogP contribution in [0.2, 0.25) is 10.0 Å². The molecule has 1 aliphatic heterocycles. The molecule has 0 aliphatic carbocycles. The first kappa shape index (κ1) is 28.5. The highest BCUT2D eigenvalue weighted by Gasteiger charge is 2.40. The Morgan fingerprint density at radius 2 is 1.95 bits per heavy atom. The first-order valence-electron chi connectivity index (χ1n) is 12.2. The second-order valence-electron chi connectivity index (χ2n) is 9.62.